The topological polar surface area (TPSA) is 121 Å². The lowest BCUT2D eigenvalue weighted by Gasteiger charge is -2.14. The van der Waals surface area contributed by atoms with Gasteiger partial charge in [0.15, 0.2) is 23.1 Å². The number of rotatable bonds is 9. The van der Waals surface area contributed by atoms with Crippen molar-refractivity contribution in [3.8, 4) is 11.5 Å². The molecule has 2 aromatic carbocycles. The number of nitrogen functional groups attached to an aromatic ring is 1. The summed E-state index contributed by atoms with van der Waals surface area (Å²) in [7, 11) is 4.54. The largest absolute Gasteiger partial charge is 0.493 e. The van der Waals surface area contributed by atoms with Crippen LogP contribution >= 0.6 is 0 Å². The van der Waals surface area contributed by atoms with Crippen LogP contribution in [0.3, 0.4) is 0 Å². The van der Waals surface area contributed by atoms with E-state index in [-0.39, 0.29) is 0 Å². The van der Waals surface area contributed by atoms with Gasteiger partial charge >= 0.3 is 5.97 Å². The highest BCUT2D eigenvalue weighted by Crippen LogP contribution is 2.29. The molecule has 31 heavy (non-hydrogen) atoms. The molecule has 9 heteroatoms. The SMILES string of the molecule is COC(=O)c1ccccc1Nc1ncnc(NCCc2ccc(OC)c(OC)c2)c1N. The highest BCUT2D eigenvalue weighted by Gasteiger charge is 2.14. The van der Waals surface area contributed by atoms with Gasteiger partial charge in [-0.15, -0.1) is 0 Å². The monoisotopic (exact) mass is 423 g/mol. The van der Waals surface area contributed by atoms with Crippen LogP contribution < -0.4 is 25.8 Å². The number of nitrogens with zero attached hydrogens (tertiary/aromatic N) is 2. The summed E-state index contributed by atoms with van der Waals surface area (Å²) in [5, 5.41) is 6.31. The number of carbonyl (C=O) groups is 1. The summed E-state index contributed by atoms with van der Waals surface area (Å²) in [4.78, 5) is 20.4. The van der Waals surface area contributed by atoms with E-state index in [1.165, 1.54) is 13.4 Å². The molecule has 0 aliphatic carbocycles. The summed E-state index contributed by atoms with van der Waals surface area (Å²) in [6, 6.07) is 12.7. The van der Waals surface area contributed by atoms with E-state index in [1.807, 2.05) is 18.2 Å². The van der Waals surface area contributed by atoms with Crippen LogP contribution in [-0.4, -0.2) is 43.8 Å². The van der Waals surface area contributed by atoms with Gasteiger partial charge in [-0.25, -0.2) is 14.8 Å². The summed E-state index contributed by atoms with van der Waals surface area (Å²) in [5.41, 5.74) is 8.58. The molecule has 0 unspecified atom stereocenters. The van der Waals surface area contributed by atoms with Gasteiger partial charge in [-0.3, -0.25) is 0 Å². The molecule has 4 N–H and O–H groups in total. The molecular weight excluding hydrogens is 398 g/mol. The zero-order chi connectivity index (χ0) is 22.2. The Hall–Kier alpha value is -4.01. The van der Waals surface area contributed by atoms with Crippen LogP contribution in [0.25, 0.3) is 0 Å². The minimum Gasteiger partial charge on any atom is -0.493 e. The Morgan fingerprint density at radius 3 is 2.48 bits per heavy atom. The Morgan fingerprint density at radius 2 is 1.74 bits per heavy atom. The second-order valence-corrected chi connectivity index (χ2v) is 6.51. The lowest BCUT2D eigenvalue weighted by molar-refractivity contribution is 0.0602. The van der Waals surface area contributed by atoms with Gasteiger partial charge in [0, 0.05) is 6.54 Å². The molecule has 0 radical (unpaired) electrons. The fourth-order valence-electron chi connectivity index (χ4n) is 3.01. The van der Waals surface area contributed by atoms with E-state index >= 15 is 0 Å². The lowest BCUT2D eigenvalue weighted by Crippen LogP contribution is -2.12. The molecule has 0 amide bonds. The zero-order valence-electron chi connectivity index (χ0n) is 17.6. The average molecular weight is 423 g/mol. The first-order valence-corrected chi connectivity index (χ1v) is 9.57. The van der Waals surface area contributed by atoms with Crippen molar-refractivity contribution in [2.24, 2.45) is 0 Å². The summed E-state index contributed by atoms with van der Waals surface area (Å²) < 4.78 is 15.4. The summed E-state index contributed by atoms with van der Waals surface area (Å²) in [5.74, 6) is 1.79. The van der Waals surface area contributed by atoms with E-state index in [0.717, 1.165) is 12.0 Å². The Kier molecular flexibility index (Phi) is 7.10. The van der Waals surface area contributed by atoms with Crippen LogP contribution in [0, 0.1) is 0 Å². The molecule has 0 bridgehead atoms. The van der Waals surface area contributed by atoms with E-state index in [4.69, 9.17) is 19.9 Å². The Balaban J connectivity index is 1.70. The first-order valence-electron chi connectivity index (χ1n) is 9.57. The number of benzene rings is 2. The number of para-hydroxylation sites is 1. The first-order chi connectivity index (χ1) is 15.1. The molecule has 3 aromatic rings. The quantitative estimate of drug-likeness (QED) is 0.445. The fraction of sp³-hybridized carbons (Fsp3) is 0.227. The van der Waals surface area contributed by atoms with Gasteiger partial charge in [0.2, 0.25) is 0 Å². The number of nitrogens with two attached hydrogens (primary N) is 1. The third kappa shape index (κ3) is 5.13. The number of anilines is 4. The van der Waals surface area contributed by atoms with Gasteiger partial charge in [-0.2, -0.15) is 0 Å². The number of nitrogens with one attached hydrogen (secondary N) is 2. The van der Waals surface area contributed by atoms with Crippen LogP contribution in [0.2, 0.25) is 0 Å². The van der Waals surface area contributed by atoms with Gasteiger partial charge in [0.1, 0.15) is 12.0 Å². The van der Waals surface area contributed by atoms with Crippen molar-refractivity contribution in [2.75, 3.05) is 44.2 Å². The van der Waals surface area contributed by atoms with Crippen molar-refractivity contribution in [3.63, 3.8) is 0 Å². The number of carbonyl (C=O) groups excluding carboxylic acids is 1. The fourth-order valence-corrected chi connectivity index (χ4v) is 3.01. The van der Waals surface area contributed by atoms with E-state index < -0.39 is 5.97 Å². The molecule has 0 spiro atoms. The molecule has 0 saturated heterocycles. The van der Waals surface area contributed by atoms with Gasteiger partial charge < -0.3 is 30.6 Å². The van der Waals surface area contributed by atoms with Crippen LogP contribution in [0.5, 0.6) is 11.5 Å². The normalized spacial score (nSPS) is 10.3. The molecule has 0 saturated carbocycles. The molecule has 0 fully saturated rings. The number of ether oxygens (including phenoxy) is 3. The molecule has 1 aromatic heterocycles. The van der Waals surface area contributed by atoms with Gasteiger partial charge in [0.05, 0.1) is 32.6 Å². The smallest absolute Gasteiger partial charge is 0.339 e. The molecule has 0 aliphatic rings. The van der Waals surface area contributed by atoms with Crippen molar-refractivity contribution in [2.45, 2.75) is 6.42 Å². The molecule has 0 atom stereocenters. The number of hydrogen-bond donors (Lipinski definition) is 3. The van der Waals surface area contributed by atoms with E-state index in [1.54, 1.807) is 38.5 Å². The number of aromatic nitrogens is 2. The molecule has 162 valence electrons. The van der Waals surface area contributed by atoms with Crippen LogP contribution in [-0.2, 0) is 11.2 Å². The minimum absolute atomic E-state index is 0.342. The molecular formula is C22H25N5O4. The predicted molar refractivity (Wildman–Crippen MR) is 119 cm³/mol. The maximum Gasteiger partial charge on any atom is 0.339 e. The average Bonchev–Trinajstić information content (AvgIpc) is 2.81. The highest BCUT2D eigenvalue weighted by molar-refractivity contribution is 5.97. The molecule has 3 rings (SSSR count). The minimum atomic E-state index is -0.455. The summed E-state index contributed by atoms with van der Waals surface area (Å²) >= 11 is 0. The van der Waals surface area contributed by atoms with Gasteiger partial charge in [-0.05, 0) is 36.2 Å². The van der Waals surface area contributed by atoms with Crippen molar-refractivity contribution < 1.29 is 19.0 Å². The van der Waals surface area contributed by atoms with Gasteiger partial charge in [-0.1, -0.05) is 18.2 Å². The maximum absolute atomic E-state index is 12.0. The standard InChI is InChI=1S/C22H25N5O4/c1-29-17-9-8-14(12-18(17)30-2)10-11-24-20-19(23)21(26-13-25-20)27-16-7-5-4-6-15(16)22(28)31-3/h4-9,12-13H,10-11,23H2,1-3H3,(H2,24,25,26,27). The van der Waals surface area contributed by atoms with E-state index in [9.17, 15) is 4.79 Å². The van der Waals surface area contributed by atoms with E-state index in [2.05, 4.69) is 20.6 Å². The molecule has 9 nitrogen and oxygen atoms in total. The van der Waals surface area contributed by atoms with Crippen molar-refractivity contribution in [1.82, 2.24) is 9.97 Å². The van der Waals surface area contributed by atoms with Crippen LogP contribution in [0.15, 0.2) is 48.8 Å². The van der Waals surface area contributed by atoms with Gasteiger partial charge in [0.25, 0.3) is 0 Å². The van der Waals surface area contributed by atoms with Crippen molar-refractivity contribution in [3.05, 3.63) is 59.9 Å². The second-order valence-electron chi connectivity index (χ2n) is 6.51. The van der Waals surface area contributed by atoms with Crippen LogP contribution in [0.1, 0.15) is 15.9 Å². The first kappa shape index (κ1) is 21.7. The third-order valence-electron chi connectivity index (χ3n) is 4.62. The summed E-state index contributed by atoms with van der Waals surface area (Å²) in [6.45, 7) is 0.592. The molecule has 0 aliphatic heterocycles. The summed E-state index contributed by atoms with van der Waals surface area (Å²) in [6.07, 6.45) is 2.12. The van der Waals surface area contributed by atoms with Crippen LogP contribution in [0.4, 0.5) is 23.0 Å². The van der Waals surface area contributed by atoms with Crippen molar-refractivity contribution >= 4 is 29.0 Å². The number of hydrogen-bond acceptors (Lipinski definition) is 9. The number of esters is 1. The lowest BCUT2D eigenvalue weighted by atomic mass is 10.1. The molecule has 1 heterocycles. The Morgan fingerprint density at radius 1 is 1.00 bits per heavy atom. The van der Waals surface area contributed by atoms with Crippen molar-refractivity contribution in [1.29, 1.82) is 0 Å². The second kappa shape index (κ2) is 10.1. The Bertz CT molecular complexity index is 1060. The highest BCUT2D eigenvalue weighted by atomic mass is 16.5. The predicted octanol–water partition coefficient (Wildman–Crippen LogP) is 3.26. The third-order valence-corrected chi connectivity index (χ3v) is 4.62. The Labute approximate surface area is 180 Å². The maximum atomic E-state index is 12.0. The zero-order valence-corrected chi connectivity index (χ0v) is 17.6. The number of methoxy groups -OCH3 is 3. The van der Waals surface area contributed by atoms with E-state index in [0.29, 0.717) is 46.6 Å².